The Labute approximate surface area is 373 Å². The zero-order valence-corrected chi connectivity index (χ0v) is 37.4. The summed E-state index contributed by atoms with van der Waals surface area (Å²) in [6.45, 7) is 5.87. The second kappa shape index (κ2) is 17.9. The van der Waals surface area contributed by atoms with Crippen molar-refractivity contribution < 1.29 is 42.2 Å². The van der Waals surface area contributed by atoms with Crippen molar-refractivity contribution in [1.82, 2.24) is 30.1 Å². The van der Waals surface area contributed by atoms with Crippen LogP contribution in [-0.4, -0.2) is 101 Å². The standard InChI is InChI=1S/C48H56N6O9S/c1-47(2,3)42(29-53-27-31-17-13-14-20-41(31)64(53,60)61)51-46(59)50-36-19-12-7-5-6-11-18-32-26-48(32,45(57)58)52-43(55)39-24-34(28-54(39)44(36)56)63-40-25-37(30-15-9-8-10-16-30)49-38-23-33(62-4)21-22-35(38)40/h8-11,13-18,20-23,25,32,34,36,39,42H,5-7,12,19,24,26-29H2,1-4H3,(H,52,55)(H,57,58)(H2,50,51,59)/t32?,34-,36+,39+,42-,48-/m1/s1. The maximum absolute atomic E-state index is 15.0. The number of benzene rings is 3. The van der Waals surface area contributed by atoms with Crippen LogP contribution in [0.4, 0.5) is 4.79 Å². The minimum atomic E-state index is -3.79. The molecule has 3 aromatic carbocycles. The first-order valence-corrected chi connectivity index (χ1v) is 23.4. The summed E-state index contributed by atoms with van der Waals surface area (Å²) in [6, 6.07) is 20.2. The van der Waals surface area contributed by atoms with E-state index >= 15 is 0 Å². The molecule has 3 aliphatic heterocycles. The monoisotopic (exact) mass is 892 g/mol. The Morgan fingerprint density at radius 3 is 2.52 bits per heavy atom. The number of fused-ring (bicyclic) bond motifs is 4. The molecule has 4 aromatic rings. The molecule has 4 heterocycles. The summed E-state index contributed by atoms with van der Waals surface area (Å²) in [6.07, 6.45) is 6.43. The van der Waals surface area contributed by atoms with E-state index in [9.17, 15) is 32.7 Å². The minimum absolute atomic E-state index is 0.00221. The van der Waals surface area contributed by atoms with Crippen LogP contribution in [-0.2, 0) is 31.0 Å². The van der Waals surface area contributed by atoms with Crippen molar-refractivity contribution in [3.05, 3.63) is 96.6 Å². The molecular weight excluding hydrogens is 837 g/mol. The number of carboxylic acid groups (broad SMARTS) is 1. The number of hydrogen-bond acceptors (Lipinski definition) is 9. The Kier molecular flexibility index (Phi) is 12.5. The zero-order chi connectivity index (χ0) is 45.4. The molecule has 4 N–H and O–H groups in total. The Bertz CT molecular complexity index is 2580. The first-order chi connectivity index (χ1) is 30.6. The SMILES string of the molecule is COc1ccc2c(O[C@@H]3C[C@H]4C(=O)N[C@]5(C(=O)O)CC5C=CCCCCC[C@H](NC(=O)N[C@H](CN5Cc6ccccc6S5(=O)=O)C(C)(C)C)C(=O)N4C3)cc(-c3ccccc3)nc2c1. The van der Waals surface area contributed by atoms with Crippen molar-refractivity contribution in [2.75, 3.05) is 20.2 Å². The van der Waals surface area contributed by atoms with Gasteiger partial charge in [0.05, 0.1) is 29.8 Å². The van der Waals surface area contributed by atoms with Gasteiger partial charge in [-0.1, -0.05) is 94.3 Å². The number of allylic oxidation sites excluding steroid dienone is 1. The Balaban J connectivity index is 1.08. The molecule has 0 bridgehead atoms. The number of carboxylic acids is 1. The Morgan fingerprint density at radius 2 is 1.78 bits per heavy atom. The first-order valence-electron chi connectivity index (χ1n) is 22.0. The van der Waals surface area contributed by atoms with E-state index in [2.05, 4.69) is 16.0 Å². The number of carbonyl (C=O) groups is 4. The molecule has 8 rings (SSSR count). The van der Waals surface area contributed by atoms with Crippen LogP contribution in [0.2, 0.25) is 0 Å². The van der Waals surface area contributed by atoms with Crippen molar-refractivity contribution >= 4 is 44.7 Å². The summed E-state index contributed by atoms with van der Waals surface area (Å²) in [4.78, 5) is 62.7. The summed E-state index contributed by atoms with van der Waals surface area (Å²) in [5.41, 5.74) is 0.700. The highest BCUT2D eigenvalue weighted by atomic mass is 32.2. The van der Waals surface area contributed by atoms with Crippen molar-refractivity contribution in [2.24, 2.45) is 11.3 Å². The second-order valence-corrected chi connectivity index (χ2v) is 20.3. The van der Waals surface area contributed by atoms with Crippen LogP contribution in [0, 0.1) is 11.3 Å². The zero-order valence-electron chi connectivity index (χ0n) is 36.6. The van der Waals surface area contributed by atoms with E-state index < -0.39 is 74.9 Å². The van der Waals surface area contributed by atoms with Crippen LogP contribution < -0.4 is 25.4 Å². The normalized spacial score (nSPS) is 25.2. The lowest BCUT2D eigenvalue weighted by Crippen LogP contribution is -2.59. The third-order valence-corrected chi connectivity index (χ3v) is 14.9. The van der Waals surface area contributed by atoms with E-state index in [0.717, 1.165) is 18.4 Å². The number of aromatic nitrogens is 1. The topological polar surface area (TPSA) is 197 Å². The Hall–Kier alpha value is -6.00. The van der Waals surface area contributed by atoms with Gasteiger partial charge in [0.25, 0.3) is 0 Å². The number of pyridine rings is 1. The number of ether oxygens (including phenoxy) is 2. The van der Waals surface area contributed by atoms with E-state index in [1.54, 1.807) is 37.4 Å². The molecule has 16 heteroatoms. The average Bonchev–Trinajstić information content (AvgIpc) is 3.69. The molecule has 1 saturated carbocycles. The fourth-order valence-corrected chi connectivity index (χ4v) is 10.7. The van der Waals surface area contributed by atoms with Gasteiger partial charge in [0.15, 0.2) is 0 Å². The summed E-state index contributed by atoms with van der Waals surface area (Å²) in [7, 11) is -2.22. The van der Waals surface area contributed by atoms with E-state index in [-0.39, 0.29) is 43.8 Å². The molecule has 1 unspecified atom stereocenters. The fourth-order valence-electron chi connectivity index (χ4n) is 9.04. The predicted octanol–water partition coefficient (Wildman–Crippen LogP) is 6.03. The predicted molar refractivity (Wildman–Crippen MR) is 240 cm³/mol. The summed E-state index contributed by atoms with van der Waals surface area (Å²) >= 11 is 0. The van der Waals surface area contributed by atoms with E-state index in [4.69, 9.17) is 14.5 Å². The van der Waals surface area contributed by atoms with Crippen molar-refractivity contribution in [3.8, 4) is 22.8 Å². The lowest BCUT2D eigenvalue weighted by Gasteiger charge is -2.35. The molecule has 15 nitrogen and oxygen atoms in total. The van der Waals surface area contributed by atoms with E-state index in [1.165, 1.54) is 9.21 Å². The summed E-state index contributed by atoms with van der Waals surface area (Å²) < 4.78 is 40.7. The number of amides is 4. The van der Waals surface area contributed by atoms with Gasteiger partial charge in [-0.15, -0.1) is 0 Å². The molecule has 4 amide bonds. The molecule has 1 aliphatic carbocycles. The minimum Gasteiger partial charge on any atom is -0.497 e. The lowest BCUT2D eigenvalue weighted by atomic mass is 9.86. The number of methoxy groups -OCH3 is 1. The van der Waals surface area contributed by atoms with Crippen LogP contribution >= 0.6 is 0 Å². The van der Waals surface area contributed by atoms with Crippen molar-refractivity contribution in [1.29, 1.82) is 0 Å². The fraction of sp³-hybridized carbons (Fsp3) is 0.438. The molecule has 64 heavy (non-hydrogen) atoms. The van der Waals surface area contributed by atoms with E-state index in [1.807, 2.05) is 81.5 Å². The quantitative estimate of drug-likeness (QED) is 0.144. The van der Waals surface area contributed by atoms with Gasteiger partial charge in [-0.25, -0.2) is 23.0 Å². The number of aliphatic carboxylic acids is 1. The molecule has 4 aliphatic rings. The third kappa shape index (κ3) is 9.16. The van der Waals surface area contributed by atoms with Gasteiger partial charge >= 0.3 is 12.0 Å². The number of rotatable bonds is 9. The third-order valence-electron chi connectivity index (χ3n) is 12.9. The molecular formula is C48H56N6O9S. The molecule has 0 spiro atoms. The highest BCUT2D eigenvalue weighted by Crippen LogP contribution is 2.46. The maximum atomic E-state index is 15.0. The second-order valence-electron chi connectivity index (χ2n) is 18.4. The number of nitrogens with zero attached hydrogens (tertiary/aromatic N) is 3. The molecule has 1 saturated heterocycles. The summed E-state index contributed by atoms with van der Waals surface area (Å²) in [5, 5.41) is 19.8. The van der Waals surface area contributed by atoms with Crippen LogP contribution in [0.25, 0.3) is 22.2 Å². The Morgan fingerprint density at radius 1 is 1.02 bits per heavy atom. The molecule has 0 radical (unpaired) electrons. The maximum Gasteiger partial charge on any atom is 0.330 e. The molecule has 338 valence electrons. The van der Waals surface area contributed by atoms with Gasteiger partial charge in [0, 0.05) is 54.6 Å². The van der Waals surface area contributed by atoms with Crippen LogP contribution in [0.15, 0.2) is 95.9 Å². The molecule has 1 aromatic heterocycles. The summed E-state index contributed by atoms with van der Waals surface area (Å²) in [5.74, 6) is -1.59. The van der Waals surface area contributed by atoms with Crippen molar-refractivity contribution in [2.45, 2.75) is 107 Å². The molecule has 6 atom stereocenters. The van der Waals surface area contributed by atoms with Gasteiger partial charge in [0.2, 0.25) is 21.8 Å². The number of urea groups is 1. The van der Waals surface area contributed by atoms with E-state index in [0.29, 0.717) is 46.5 Å². The average molecular weight is 893 g/mol. The number of carbonyl (C=O) groups excluding carboxylic acids is 3. The van der Waals surface area contributed by atoms with Gasteiger partial charge in [-0.3, -0.25) is 9.59 Å². The van der Waals surface area contributed by atoms with Gasteiger partial charge in [-0.05, 0) is 54.9 Å². The number of hydrogen-bond donors (Lipinski definition) is 4. The van der Waals surface area contributed by atoms with Crippen LogP contribution in [0.1, 0.15) is 71.3 Å². The van der Waals surface area contributed by atoms with Gasteiger partial charge in [0.1, 0.15) is 35.2 Å². The highest BCUT2D eigenvalue weighted by molar-refractivity contribution is 7.89. The molecule has 2 fully saturated rings. The van der Waals surface area contributed by atoms with Gasteiger partial charge < -0.3 is 35.4 Å². The lowest BCUT2D eigenvalue weighted by molar-refractivity contribution is -0.145. The van der Waals surface area contributed by atoms with Crippen LogP contribution in [0.3, 0.4) is 0 Å². The highest BCUT2D eigenvalue weighted by Gasteiger charge is 2.61. The number of nitrogens with one attached hydrogen (secondary N) is 3. The van der Waals surface area contributed by atoms with Gasteiger partial charge in [-0.2, -0.15) is 4.31 Å². The first kappa shape index (κ1) is 44.6. The number of sulfonamides is 1. The van der Waals surface area contributed by atoms with Crippen LogP contribution in [0.5, 0.6) is 11.5 Å². The van der Waals surface area contributed by atoms with Crippen molar-refractivity contribution in [3.63, 3.8) is 0 Å². The largest absolute Gasteiger partial charge is 0.497 e. The smallest absolute Gasteiger partial charge is 0.330 e.